The fraction of sp³-hybridized carbons (Fsp3) is 0.786. The Hall–Kier alpha value is -1.39. The third-order valence-corrected chi connectivity index (χ3v) is 3.74. The molecule has 19 heavy (non-hydrogen) atoms. The highest BCUT2D eigenvalue weighted by Gasteiger charge is 2.14. The average molecular weight is 265 g/mol. The maximum absolute atomic E-state index is 11.7. The van der Waals surface area contributed by atoms with E-state index in [-0.39, 0.29) is 5.91 Å². The number of rotatable bonds is 6. The van der Waals surface area contributed by atoms with E-state index in [0.717, 1.165) is 12.3 Å². The summed E-state index contributed by atoms with van der Waals surface area (Å²) in [5.41, 5.74) is 0. The molecule has 1 aromatic heterocycles. The first-order chi connectivity index (χ1) is 9.24. The monoisotopic (exact) mass is 265 g/mol. The molecule has 2 rings (SSSR count). The molecule has 0 spiro atoms. The average Bonchev–Trinajstić information content (AvgIpc) is 2.83. The standard InChI is InChI=1S/C14H23N3O2/c1-11-16-13(17-19-11)9-10-15-14(18)8-7-12-5-3-2-4-6-12/h12H,2-10H2,1H3,(H,15,18). The van der Waals surface area contributed by atoms with Gasteiger partial charge in [-0.1, -0.05) is 37.3 Å². The summed E-state index contributed by atoms with van der Waals surface area (Å²) in [5, 5.41) is 6.71. The van der Waals surface area contributed by atoms with E-state index < -0.39 is 0 Å². The predicted molar refractivity (Wildman–Crippen MR) is 71.6 cm³/mol. The second-order valence-corrected chi connectivity index (χ2v) is 5.37. The summed E-state index contributed by atoms with van der Waals surface area (Å²) in [6, 6.07) is 0. The molecule has 1 heterocycles. The Morgan fingerprint density at radius 2 is 2.16 bits per heavy atom. The second kappa shape index (κ2) is 7.26. The van der Waals surface area contributed by atoms with Gasteiger partial charge in [0.05, 0.1) is 0 Å². The highest BCUT2D eigenvalue weighted by Crippen LogP contribution is 2.27. The smallest absolute Gasteiger partial charge is 0.223 e. The zero-order chi connectivity index (χ0) is 13.5. The summed E-state index contributed by atoms with van der Waals surface area (Å²) in [6.07, 6.45) is 8.96. The summed E-state index contributed by atoms with van der Waals surface area (Å²) in [5.74, 6) is 2.13. The molecule has 1 aromatic rings. The molecule has 0 bridgehead atoms. The van der Waals surface area contributed by atoms with Crippen LogP contribution >= 0.6 is 0 Å². The fourth-order valence-electron chi connectivity index (χ4n) is 2.66. The fourth-order valence-corrected chi connectivity index (χ4v) is 2.66. The number of nitrogens with one attached hydrogen (secondary N) is 1. The molecular formula is C14H23N3O2. The molecule has 5 heteroatoms. The number of nitrogens with zero attached hydrogens (tertiary/aromatic N) is 2. The van der Waals surface area contributed by atoms with Crippen LogP contribution in [0.15, 0.2) is 4.52 Å². The van der Waals surface area contributed by atoms with Gasteiger partial charge in [0.25, 0.3) is 0 Å². The van der Waals surface area contributed by atoms with Crippen molar-refractivity contribution in [2.45, 2.75) is 58.3 Å². The van der Waals surface area contributed by atoms with Gasteiger partial charge in [-0.05, 0) is 12.3 Å². The van der Waals surface area contributed by atoms with Crippen molar-refractivity contribution in [3.8, 4) is 0 Å². The highest BCUT2D eigenvalue weighted by atomic mass is 16.5. The van der Waals surface area contributed by atoms with E-state index in [1.54, 1.807) is 6.92 Å². The van der Waals surface area contributed by atoms with E-state index >= 15 is 0 Å². The number of carbonyl (C=O) groups is 1. The van der Waals surface area contributed by atoms with Crippen LogP contribution in [0.4, 0.5) is 0 Å². The molecule has 0 aliphatic heterocycles. The van der Waals surface area contributed by atoms with E-state index in [1.807, 2.05) is 0 Å². The molecule has 0 aromatic carbocycles. The predicted octanol–water partition coefficient (Wildman–Crippen LogP) is 2.40. The van der Waals surface area contributed by atoms with Crippen molar-refractivity contribution in [3.05, 3.63) is 11.7 Å². The minimum Gasteiger partial charge on any atom is -0.356 e. The van der Waals surface area contributed by atoms with E-state index in [1.165, 1.54) is 32.1 Å². The van der Waals surface area contributed by atoms with Crippen molar-refractivity contribution in [3.63, 3.8) is 0 Å². The Labute approximate surface area is 114 Å². The minimum absolute atomic E-state index is 0.144. The Bertz CT molecular complexity index is 397. The molecule has 106 valence electrons. The zero-order valence-corrected chi connectivity index (χ0v) is 11.7. The lowest BCUT2D eigenvalue weighted by Crippen LogP contribution is -2.26. The molecule has 0 radical (unpaired) electrons. The maximum Gasteiger partial charge on any atom is 0.223 e. The number of amides is 1. The summed E-state index contributed by atoms with van der Waals surface area (Å²) in [7, 11) is 0. The van der Waals surface area contributed by atoms with Gasteiger partial charge in [0.15, 0.2) is 5.82 Å². The quantitative estimate of drug-likeness (QED) is 0.857. The van der Waals surface area contributed by atoms with Gasteiger partial charge in [-0.15, -0.1) is 0 Å². The van der Waals surface area contributed by atoms with Crippen molar-refractivity contribution in [2.75, 3.05) is 6.54 Å². The van der Waals surface area contributed by atoms with Crippen molar-refractivity contribution in [1.82, 2.24) is 15.5 Å². The summed E-state index contributed by atoms with van der Waals surface area (Å²) >= 11 is 0. The molecule has 0 atom stereocenters. The van der Waals surface area contributed by atoms with Gasteiger partial charge in [0, 0.05) is 26.3 Å². The lowest BCUT2D eigenvalue weighted by Gasteiger charge is -2.20. The van der Waals surface area contributed by atoms with Crippen molar-refractivity contribution >= 4 is 5.91 Å². The van der Waals surface area contributed by atoms with Crippen molar-refractivity contribution in [1.29, 1.82) is 0 Å². The minimum atomic E-state index is 0.144. The Morgan fingerprint density at radius 1 is 1.37 bits per heavy atom. The molecular weight excluding hydrogens is 242 g/mol. The van der Waals surface area contributed by atoms with Crippen LogP contribution in [0.1, 0.15) is 56.7 Å². The van der Waals surface area contributed by atoms with Crippen LogP contribution in [0.25, 0.3) is 0 Å². The van der Waals surface area contributed by atoms with Gasteiger partial charge in [-0.25, -0.2) is 0 Å². The first kappa shape index (κ1) is 14.0. The lowest BCUT2D eigenvalue weighted by atomic mass is 9.86. The molecule has 1 N–H and O–H groups in total. The highest BCUT2D eigenvalue weighted by molar-refractivity contribution is 5.75. The van der Waals surface area contributed by atoms with E-state index in [9.17, 15) is 4.79 Å². The van der Waals surface area contributed by atoms with Crippen molar-refractivity contribution < 1.29 is 9.32 Å². The number of aromatic nitrogens is 2. The Balaban J connectivity index is 1.56. The number of carbonyl (C=O) groups excluding carboxylic acids is 1. The van der Waals surface area contributed by atoms with Crippen LogP contribution in [0.2, 0.25) is 0 Å². The van der Waals surface area contributed by atoms with Gasteiger partial charge >= 0.3 is 0 Å². The summed E-state index contributed by atoms with van der Waals surface area (Å²) in [4.78, 5) is 15.8. The number of aryl methyl sites for hydroxylation is 1. The van der Waals surface area contributed by atoms with Crippen LogP contribution in [-0.4, -0.2) is 22.6 Å². The van der Waals surface area contributed by atoms with Crippen LogP contribution in [0.3, 0.4) is 0 Å². The van der Waals surface area contributed by atoms with Gasteiger partial charge in [0.1, 0.15) is 0 Å². The summed E-state index contributed by atoms with van der Waals surface area (Å²) < 4.78 is 4.88. The van der Waals surface area contributed by atoms with Gasteiger partial charge in [0.2, 0.25) is 11.8 Å². The first-order valence-corrected chi connectivity index (χ1v) is 7.30. The number of hydrogen-bond donors (Lipinski definition) is 1. The first-order valence-electron chi connectivity index (χ1n) is 7.30. The Kier molecular flexibility index (Phi) is 5.36. The van der Waals surface area contributed by atoms with Crippen LogP contribution in [0, 0.1) is 12.8 Å². The van der Waals surface area contributed by atoms with Gasteiger partial charge in [-0.3, -0.25) is 4.79 Å². The maximum atomic E-state index is 11.7. The molecule has 1 aliphatic carbocycles. The van der Waals surface area contributed by atoms with Gasteiger partial charge in [-0.2, -0.15) is 4.98 Å². The largest absolute Gasteiger partial charge is 0.356 e. The van der Waals surface area contributed by atoms with E-state index in [0.29, 0.717) is 31.1 Å². The Morgan fingerprint density at radius 3 is 2.84 bits per heavy atom. The topological polar surface area (TPSA) is 68.0 Å². The SMILES string of the molecule is Cc1nc(CCNC(=O)CCC2CCCCC2)no1. The normalized spacial score (nSPS) is 16.5. The molecule has 1 fully saturated rings. The molecule has 1 saturated carbocycles. The van der Waals surface area contributed by atoms with E-state index in [4.69, 9.17) is 4.52 Å². The van der Waals surface area contributed by atoms with E-state index in [2.05, 4.69) is 15.5 Å². The molecule has 5 nitrogen and oxygen atoms in total. The van der Waals surface area contributed by atoms with Gasteiger partial charge < -0.3 is 9.84 Å². The zero-order valence-electron chi connectivity index (χ0n) is 11.7. The second-order valence-electron chi connectivity index (χ2n) is 5.37. The molecule has 0 unspecified atom stereocenters. The summed E-state index contributed by atoms with van der Waals surface area (Å²) in [6.45, 7) is 2.35. The molecule has 1 amide bonds. The lowest BCUT2D eigenvalue weighted by molar-refractivity contribution is -0.121. The van der Waals surface area contributed by atoms with Crippen LogP contribution < -0.4 is 5.32 Å². The molecule has 1 aliphatic rings. The molecule has 0 saturated heterocycles. The third-order valence-electron chi connectivity index (χ3n) is 3.74. The van der Waals surface area contributed by atoms with Crippen molar-refractivity contribution in [2.24, 2.45) is 5.92 Å². The number of hydrogen-bond acceptors (Lipinski definition) is 4. The third kappa shape index (κ3) is 5.01. The van der Waals surface area contributed by atoms with Crippen LogP contribution in [0.5, 0.6) is 0 Å². The van der Waals surface area contributed by atoms with Crippen LogP contribution in [-0.2, 0) is 11.2 Å².